The Hall–Kier alpha value is -1.78. The first-order valence-corrected chi connectivity index (χ1v) is 6.85. The Morgan fingerprint density at radius 1 is 1.15 bits per heavy atom. The molecule has 0 spiro atoms. The van der Waals surface area contributed by atoms with Gasteiger partial charge in [0, 0.05) is 5.69 Å². The molecule has 0 unspecified atom stereocenters. The first-order chi connectivity index (χ1) is 9.45. The molecule has 0 aliphatic rings. The second-order valence-electron chi connectivity index (χ2n) is 4.51. The molecule has 3 nitrogen and oxygen atoms in total. The lowest BCUT2D eigenvalue weighted by molar-refractivity contribution is 0.479. The van der Waals surface area contributed by atoms with Crippen LogP contribution in [0, 0.1) is 13.8 Å². The third-order valence-corrected chi connectivity index (χ3v) is 3.15. The number of nitrogens with two attached hydrogens (primary N) is 1. The number of thiocarbonyl (C=S) groups is 1. The number of nitrogens with one attached hydrogen (secondary N) is 1. The molecule has 0 heterocycles. The highest BCUT2D eigenvalue weighted by atomic mass is 35.5. The lowest BCUT2D eigenvalue weighted by atomic mass is 10.1. The van der Waals surface area contributed by atoms with E-state index in [1.165, 1.54) is 5.56 Å². The second-order valence-corrected chi connectivity index (χ2v) is 5.35. The van der Waals surface area contributed by atoms with Crippen LogP contribution >= 0.6 is 23.8 Å². The van der Waals surface area contributed by atoms with Gasteiger partial charge in [-0.3, -0.25) is 0 Å². The van der Waals surface area contributed by atoms with E-state index in [2.05, 4.69) is 11.4 Å². The van der Waals surface area contributed by atoms with Crippen LogP contribution in [0.5, 0.6) is 11.5 Å². The highest BCUT2D eigenvalue weighted by Crippen LogP contribution is 2.33. The van der Waals surface area contributed by atoms with Crippen LogP contribution in [0.1, 0.15) is 11.1 Å². The molecule has 0 atom stereocenters. The van der Waals surface area contributed by atoms with E-state index in [-0.39, 0.29) is 5.11 Å². The monoisotopic (exact) mass is 306 g/mol. The molecule has 0 saturated carbocycles. The van der Waals surface area contributed by atoms with Crippen molar-refractivity contribution in [3.63, 3.8) is 0 Å². The molecule has 2 aromatic rings. The van der Waals surface area contributed by atoms with Crippen molar-refractivity contribution in [1.29, 1.82) is 0 Å². The zero-order valence-electron chi connectivity index (χ0n) is 11.2. The predicted octanol–water partition coefficient (Wildman–Crippen LogP) is 4.40. The topological polar surface area (TPSA) is 47.3 Å². The van der Waals surface area contributed by atoms with Gasteiger partial charge in [-0.05, 0) is 55.9 Å². The Morgan fingerprint density at radius 3 is 2.45 bits per heavy atom. The van der Waals surface area contributed by atoms with Crippen LogP contribution in [0.4, 0.5) is 5.69 Å². The minimum Gasteiger partial charge on any atom is -0.456 e. The van der Waals surface area contributed by atoms with Gasteiger partial charge in [0.05, 0.1) is 5.02 Å². The number of hydrogen-bond donors (Lipinski definition) is 2. The maximum Gasteiger partial charge on any atom is 0.168 e. The van der Waals surface area contributed by atoms with Crippen molar-refractivity contribution in [2.24, 2.45) is 5.73 Å². The molecule has 0 aromatic heterocycles. The third kappa shape index (κ3) is 3.62. The van der Waals surface area contributed by atoms with E-state index in [1.807, 2.05) is 32.0 Å². The summed E-state index contributed by atoms with van der Waals surface area (Å²) in [6, 6.07) is 11.3. The zero-order chi connectivity index (χ0) is 14.7. The molecule has 20 heavy (non-hydrogen) atoms. The number of anilines is 1. The smallest absolute Gasteiger partial charge is 0.168 e. The van der Waals surface area contributed by atoms with Gasteiger partial charge >= 0.3 is 0 Å². The fourth-order valence-electron chi connectivity index (χ4n) is 1.84. The summed E-state index contributed by atoms with van der Waals surface area (Å²) in [5.74, 6) is 1.37. The predicted molar refractivity (Wildman–Crippen MR) is 87.9 cm³/mol. The molecule has 0 fully saturated rings. The minimum absolute atomic E-state index is 0.198. The van der Waals surface area contributed by atoms with E-state index < -0.39 is 0 Å². The number of halogens is 1. The number of ether oxygens (including phenoxy) is 1. The van der Waals surface area contributed by atoms with Crippen LogP contribution < -0.4 is 15.8 Å². The van der Waals surface area contributed by atoms with Gasteiger partial charge in [-0.15, -0.1) is 0 Å². The van der Waals surface area contributed by atoms with Gasteiger partial charge in [0.2, 0.25) is 0 Å². The minimum atomic E-state index is 0.198. The Labute approximate surface area is 128 Å². The fourth-order valence-corrected chi connectivity index (χ4v) is 2.17. The summed E-state index contributed by atoms with van der Waals surface area (Å²) in [5, 5.41) is 3.51. The number of benzene rings is 2. The van der Waals surface area contributed by atoms with Crippen molar-refractivity contribution < 1.29 is 4.74 Å². The first-order valence-electron chi connectivity index (χ1n) is 6.07. The van der Waals surface area contributed by atoms with Crippen molar-refractivity contribution >= 4 is 34.6 Å². The second kappa shape index (κ2) is 6.11. The van der Waals surface area contributed by atoms with E-state index in [0.29, 0.717) is 10.8 Å². The average molecular weight is 307 g/mol. The van der Waals surface area contributed by atoms with Crippen molar-refractivity contribution in [1.82, 2.24) is 0 Å². The van der Waals surface area contributed by atoms with Gasteiger partial charge < -0.3 is 15.8 Å². The SMILES string of the molecule is Cc1ccc(Oc2ccc(NC(N)=S)cc2Cl)c(C)c1. The van der Waals surface area contributed by atoms with Gasteiger partial charge in [0.15, 0.2) is 5.11 Å². The van der Waals surface area contributed by atoms with Gasteiger partial charge in [-0.1, -0.05) is 29.3 Å². The molecule has 5 heteroatoms. The van der Waals surface area contributed by atoms with Crippen LogP contribution in [0.2, 0.25) is 5.02 Å². The Balaban J connectivity index is 2.23. The van der Waals surface area contributed by atoms with Gasteiger partial charge in [-0.2, -0.15) is 0 Å². The number of hydrogen-bond acceptors (Lipinski definition) is 2. The fraction of sp³-hybridized carbons (Fsp3) is 0.133. The molecule has 0 saturated heterocycles. The van der Waals surface area contributed by atoms with E-state index in [4.69, 9.17) is 34.3 Å². The summed E-state index contributed by atoms with van der Waals surface area (Å²) in [7, 11) is 0. The molecule has 2 aromatic carbocycles. The molecule has 0 radical (unpaired) electrons. The summed E-state index contributed by atoms with van der Waals surface area (Å²) in [5.41, 5.74) is 8.40. The van der Waals surface area contributed by atoms with Crippen molar-refractivity contribution in [3.8, 4) is 11.5 Å². The molecule has 0 aliphatic carbocycles. The van der Waals surface area contributed by atoms with E-state index in [0.717, 1.165) is 17.0 Å². The molecule has 0 aliphatic heterocycles. The standard InChI is InChI=1S/C15H15ClN2OS/c1-9-3-5-13(10(2)7-9)19-14-6-4-11(8-12(14)16)18-15(17)20/h3-8H,1-2H3,(H3,17,18,20). The molecule has 3 N–H and O–H groups in total. The van der Waals surface area contributed by atoms with Crippen LogP contribution in [0.3, 0.4) is 0 Å². The molecule has 0 amide bonds. The Kier molecular flexibility index (Phi) is 4.47. The summed E-state index contributed by atoms with van der Waals surface area (Å²) < 4.78 is 5.83. The van der Waals surface area contributed by atoms with Crippen molar-refractivity contribution in [2.45, 2.75) is 13.8 Å². The zero-order valence-corrected chi connectivity index (χ0v) is 12.8. The van der Waals surface area contributed by atoms with E-state index >= 15 is 0 Å². The van der Waals surface area contributed by atoms with Crippen LogP contribution in [-0.4, -0.2) is 5.11 Å². The summed E-state index contributed by atoms with van der Waals surface area (Å²) in [6.07, 6.45) is 0. The molecule has 2 rings (SSSR count). The van der Waals surface area contributed by atoms with Crippen LogP contribution in [0.15, 0.2) is 36.4 Å². The molecular formula is C15H15ClN2OS. The summed E-state index contributed by atoms with van der Waals surface area (Å²) in [4.78, 5) is 0. The largest absolute Gasteiger partial charge is 0.456 e. The quantitative estimate of drug-likeness (QED) is 0.825. The van der Waals surface area contributed by atoms with Gasteiger partial charge in [0.1, 0.15) is 11.5 Å². The molecular weight excluding hydrogens is 292 g/mol. The van der Waals surface area contributed by atoms with Gasteiger partial charge in [0.25, 0.3) is 0 Å². The van der Waals surface area contributed by atoms with Crippen LogP contribution in [0.25, 0.3) is 0 Å². The normalized spacial score (nSPS) is 10.2. The van der Waals surface area contributed by atoms with E-state index in [9.17, 15) is 0 Å². The summed E-state index contributed by atoms with van der Waals surface area (Å²) in [6.45, 7) is 4.04. The molecule has 0 bridgehead atoms. The van der Waals surface area contributed by atoms with Crippen LogP contribution in [-0.2, 0) is 0 Å². The number of aryl methyl sites for hydroxylation is 2. The van der Waals surface area contributed by atoms with E-state index in [1.54, 1.807) is 12.1 Å². The number of rotatable bonds is 3. The highest BCUT2D eigenvalue weighted by molar-refractivity contribution is 7.80. The lowest BCUT2D eigenvalue weighted by Crippen LogP contribution is -2.18. The Morgan fingerprint density at radius 2 is 1.85 bits per heavy atom. The lowest BCUT2D eigenvalue weighted by Gasteiger charge is -2.12. The third-order valence-electron chi connectivity index (χ3n) is 2.75. The summed E-state index contributed by atoms with van der Waals surface area (Å²) >= 11 is 11.0. The van der Waals surface area contributed by atoms with Crippen molar-refractivity contribution in [2.75, 3.05) is 5.32 Å². The first kappa shape index (κ1) is 14.6. The Bertz CT molecular complexity index is 658. The van der Waals surface area contributed by atoms with Crippen molar-refractivity contribution in [3.05, 3.63) is 52.5 Å². The highest BCUT2D eigenvalue weighted by Gasteiger charge is 2.07. The van der Waals surface area contributed by atoms with Gasteiger partial charge in [-0.25, -0.2) is 0 Å². The maximum absolute atomic E-state index is 6.20. The molecule has 104 valence electrons. The average Bonchev–Trinajstić information content (AvgIpc) is 2.34. The maximum atomic E-state index is 6.20.